The molecule has 2 aliphatic heterocycles. The molecule has 278 valence electrons. The Labute approximate surface area is 291 Å². The van der Waals surface area contributed by atoms with Crippen LogP contribution < -0.4 is 10.1 Å². The number of nitrogens with zero attached hydrogens (tertiary/aromatic N) is 3. The van der Waals surface area contributed by atoms with Crippen LogP contribution in [0.2, 0.25) is 0 Å². The molecule has 6 atom stereocenters. The molecule has 50 heavy (non-hydrogen) atoms. The van der Waals surface area contributed by atoms with E-state index in [1.165, 1.54) is 38.0 Å². The average molecular weight is 711 g/mol. The van der Waals surface area contributed by atoms with Crippen molar-refractivity contribution in [3.8, 4) is 5.88 Å². The molecule has 0 aromatic carbocycles. The summed E-state index contributed by atoms with van der Waals surface area (Å²) in [5.74, 6) is -12.1. The van der Waals surface area contributed by atoms with Gasteiger partial charge in [0.05, 0.1) is 31.1 Å². The minimum absolute atomic E-state index is 0.0138. The van der Waals surface area contributed by atoms with Crippen LogP contribution in [-0.4, -0.2) is 76.0 Å². The van der Waals surface area contributed by atoms with Crippen LogP contribution in [0.15, 0.2) is 18.4 Å². The molecule has 0 unspecified atom stereocenters. The average Bonchev–Trinajstić information content (AvgIpc) is 3.57. The van der Waals surface area contributed by atoms with Gasteiger partial charge in [-0.25, -0.2) is 14.8 Å². The summed E-state index contributed by atoms with van der Waals surface area (Å²) in [5, 5.41) is 2.73. The maximum atomic E-state index is 16.2. The molecule has 0 radical (unpaired) electrons. The molecule has 0 spiro atoms. The Kier molecular flexibility index (Phi) is 11.3. The summed E-state index contributed by atoms with van der Waals surface area (Å²) in [6.07, 6.45) is 1.25. The van der Waals surface area contributed by atoms with Crippen LogP contribution in [0, 0.1) is 24.2 Å². The van der Waals surface area contributed by atoms with Crippen molar-refractivity contribution in [3.63, 3.8) is 0 Å². The molecule has 2 fully saturated rings. The number of carbonyl (C=O) groups is 3. The van der Waals surface area contributed by atoms with E-state index < -0.39 is 82.7 Å². The van der Waals surface area contributed by atoms with E-state index >= 15 is 17.6 Å². The fourth-order valence-electron chi connectivity index (χ4n) is 7.52. The highest BCUT2D eigenvalue weighted by molar-refractivity contribution is 5.92. The Morgan fingerprint density at radius 3 is 2.34 bits per heavy atom. The van der Waals surface area contributed by atoms with Gasteiger partial charge in [0.25, 0.3) is 0 Å². The van der Waals surface area contributed by atoms with Crippen molar-refractivity contribution < 1.29 is 46.2 Å². The molecule has 4 rings (SSSR count). The molecular weight excluding hydrogens is 660 g/mol. The number of aryl methyl sites for hydroxylation is 1. The third kappa shape index (κ3) is 7.63. The smallest absolute Gasteiger partial charge is 0.408 e. The first-order valence-electron chi connectivity index (χ1n) is 17.2. The number of halogens is 4. The molecule has 1 N–H and O–H groups in total. The first-order chi connectivity index (χ1) is 23.2. The standard InChI is InChI=1S/C36H50F4N4O6/c1-10-23(48-9)18-25-20(3)41-28-30(42-25)49-26-19-44(27(21(4)45)24(26)11-2)31(46)29(33(5,6)7)43-32(47)50-34(8)16-12-14-22(34)15-13-17-35(37,38)36(28,39)40/h10,18,22,24,26-27,29H,1,11-17,19H2,2-9H3,(H,43,47)/b23-18+/t22-,24+,26-,27+,29+,34+/m0/s1. The van der Waals surface area contributed by atoms with Crippen LogP contribution in [0.25, 0.3) is 6.08 Å². The van der Waals surface area contributed by atoms with Gasteiger partial charge in [0, 0.05) is 18.4 Å². The highest BCUT2D eigenvalue weighted by Crippen LogP contribution is 2.50. The number of aromatic nitrogens is 2. The molecule has 1 saturated heterocycles. The van der Waals surface area contributed by atoms with Crippen molar-refractivity contribution >= 4 is 23.9 Å². The molecule has 2 bridgehead atoms. The van der Waals surface area contributed by atoms with Crippen LogP contribution >= 0.6 is 0 Å². The summed E-state index contributed by atoms with van der Waals surface area (Å²) in [6, 6.07) is -2.21. The number of rotatable bonds is 5. The third-order valence-electron chi connectivity index (χ3n) is 10.4. The van der Waals surface area contributed by atoms with E-state index in [1.54, 1.807) is 34.6 Å². The molecular formula is C36H50F4N4O6. The second kappa shape index (κ2) is 14.5. The van der Waals surface area contributed by atoms with Crippen molar-refractivity contribution in [2.75, 3.05) is 13.7 Å². The van der Waals surface area contributed by atoms with Gasteiger partial charge in [-0.2, -0.15) is 17.6 Å². The number of hydrogen-bond acceptors (Lipinski definition) is 8. The summed E-state index contributed by atoms with van der Waals surface area (Å²) in [7, 11) is 1.36. The maximum absolute atomic E-state index is 16.2. The summed E-state index contributed by atoms with van der Waals surface area (Å²) >= 11 is 0. The van der Waals surface area contributed by atoms with E-state index in [1.807, 2.05) is 0 Å². The van der Waals surface area contributed by atoms with Crippen LogP contribution in [0.1, 0.15) is 104 Å². The van der Waals surface area contributed by atoms with Crippen molar-refractivity contribution in [3.05, 3.63) is 35.5 Å². The van der Waals surface area contributed by atoms with Gasteiger partial charge in [-0.05, 0) is 76.7 Å². The van der Waals surface area contributed by atoms with E-state index in [2.05, 4.69) is 21.9 Å². The zero-order valence-electron chi connectivity index (χ0n) is 30.2. The number of carbonyl (C=O) groups excluding carboxylic acids is 3. The maximum Gasteiger partial charge on any atom is 0.408 e. The van der Waals surface area contributed by atoms with E-state index in [0.29, 0.717) is 19.3 Å². The van der Waals surface area contributed by atoms with Crippen LogP contribution in [0.5, 0.6) is 5.88 Å². The Morgan fingerprint density at radius 1 is 1.14 bits per heavy atom. The molecule has 3 heterocycles. The minimum Gasteiger partial charge on any atom is -0.497 e. The Bertz CT molecular complexity index is 1510. The first kappa shape index (κ1) is 39.1. The zero-order valence-corrected chi connectivity index (χ0v) is 30.2. The zero-order chi connectivity index (χ0) is 37.4. The molecule has 1 aliphatic carbocycles. The number of alkyl carbamates (subject to hydrolysis) is 1. The summed E-state index contributed by atoms with van der Waals surface area (Å²) in [6.45, 7) is 14.7. The van der Waals surface area contributed by atoms with Crippen LogP contribution in [-0.2, 0) is 25.0 Å². The predicted octanol–water partition coefficient (Wildman–Crippen LogP) is 7.14. The molecule has 1 saturated carbocycles. The largest absolute Gasteiger partial charge is 0.497 e. The number of ketones is 1. The van der Waals surface area contributed by atoms with E-state index in [-0.39, 0.29) is 48.9 Å². The fourth-order valence-corrected chi connectivity index (χ4v) is 7.52. The van der Waals surface area contributed by atoms with E-state index in [4.69, 9.17) is 14.2 Å². The molecule has 3 aliphatic rings. The van der Waals surface area contributed by atoms with Crippen molar-refractivity contribution in [1.29, 1.82) is 0 Å². The third-order valence-corrected chi connectivity index (χ3v) is 10.4. The lowest BCUT2D eigenvalue weighted by Gasteiger charge is -2.37. The van der Waals surface area contributed by atoms with Gasteiger partial charge in [-0.1, -0.05) is 34.3 Å². The lowest BCUT2D eigenvalue weighted by Crippen LogP contribution is -2.58. The molecule has 1 aromatic heterocycles. The van der Waals surface area contributed by atoms with Crippen molar-refractivity contribution in [2.24, 2.45) is 17.3 Å². The van der Waals surface area contributed by atoms with Gasteiger partial charge in [0.1, 0.15) is 23.5 Å². The number of ether oxygens (including phenoxy) is 3. The number of allylic oxidation sites excluding steroid dienone is 1. The Morgan fingerprint density at radius 2 is 1.78 bits per heavy atom. The van der Waals surface area contributed by atoms with Crippen molar-refractivity contribution in [1.82, 2.24) is 20.2 Å². The Hall–Kier alpha value is -3.71. The summed E-state index contributed by atoms with van der Waals surface area (Å²) < 4.78 is 81.1. The number of fused-ring (bicyclic) bond motifs is 4. The van der Waals surface area contributed by atoms with Gasteiger partial charge in [0.15, 0.2) is 11.5 Å². The Balaban J connectivity index is 1.92. The minimum atomic E-state index is -4.82. The van der Waals surface area contributed by atoms with E-state index in [0.717, 1.165) is 0 Å². The van der Waals surface area contributed by atoms with Gasteiger partial charge < -0.3 is 24.4 Å². The van der Waals surface area contributed by atoms with Crippen LogP contribution in [0.3, 0.4) is 0 Å². The molecule has 10 nitrogen and oxygen atoms in total. The second-order valence-corrected chi connectivity index (χ2v) is 15.0. The van der Waals surface area contributed by atoms with Gasteiger partial charge in [0.2, 0.25) is 11.8 Å². The van der Waals surface area contributed by atoms with Gasteiger partial charge >= 0.3 is 17.9 Å². The van der Waals surface area contributed by atoms with Crippen LogP contribution in [0.4, 0.5) is 22.4 Å². The normalized spacial score (nSPS) is 30.5. The topological polar surface area (TPSA) is 120 Å². The fraction of sp³-hybridized carbons (Fsp3) is 0.694. The van der Waals surface area contributed by atoms with Gasteiger partial charge in [-0.3, -0.25) is 9.59 Å². The van der Waals surface area contributed by atoms with E-state index in [9.17, 15) is 14.4 Å². The lowest BCUT2D eigenvalue weighted by atomic mass is 9.85. The predicted molar refractivity (Wildman–Crippen MR) is 178 cm³/mol. The highest BCUT2D eigenvalue weighted by Gasteiger charge is 2.61. The SMILES string of the molecule is C=C/C(=C\c1nc2c(nc1C)C(F)(F)C(F)(F)CCC[C@@H]1CCC[C@@]1(C)OC(=O)N[C@@H](C(C)(C)C)C(=O)N1C[C@H](O2)[C@@H](CC)[C@H]1C(C)=O)OC. The number of hydrogen-bond donors (Lipinski definition) is 1. The second-order valence-electron chi connectivity index (χ2n) is 15.0. The number of nitrogens with one attached hydrogen (secondary N) is 1. The van der Waals surface area contributed by atoms with Crippen molar-refractivity contribution in [2.45, 2.75) is 129 Å². The number of alkyl halides is 4. The monoisotopic (exact) mass is 710 g/mol. The molecule has 14 heteroatoms. The molecule has 1 aromatic rings. The lowest BCUT2D eigenvalue weighted by molar-refractivity contribution is -0.223. The quantitative estimate of drug-likeness (QED) is 0.195. The summed E-state index contributed by atoms with van der Waals surface area (Å²) in [4.78, 5) is 50.5. The number of Topliss-reactive ketones (excluding diaryl/α,β-unsaturated/α-hetero) is 1. The highest BCUT2D eigenvalue weighted by atomic mass is 19.3. The molecule has 2 amide bonds. The number of amides is 2. The number of methoxy groups -OCH3 is 1. The van der Waals surface area contributed by atoms with Gasteiger partial charge in [-0.15, -0.1) is 0 Å². The first-order valence-corrected chi connectivity index (χ1v) is 17.2. The summed E-state index contributed by atoms with van der Waals surface area (Å²) in [5.41, 5.74) is -3.32.